The fraction of sp³-hybridized carbons (Fsp3) is 0.391. The van der Waals surface area contributed by atoms with E-state index < -0.39 is 21.7 Å². The molecule has 0 unspecified atom stereocenters. The molecule has 33 heavy (non-hydrogen) atoms. The maximum absolute atomic E-state index is 14.0. The third-order valence-electron chi connectivity index (χ3n) is 5.80. The zero-order chi connectivity index (χ0) is 23.9. The number of nitrogens with zero attached hydrogens (tertiary/aromatic N) is 3. The van der Waals surface area contributed by atoms with E-state index in [1.165, 1.54) is 6.07 Å². The van der Waals surface area contributed by atoms with Gasteiger partial charge in [0.1, 0.15) is 5.82 Å². The number of halogens is 1. The maximum atomic E-state index is 14.0. The molecule has 2 aromatic carbocycles. The fourth-order valence-corrected chi connectivity index (χ4v) is 5.00. The van der Waals surface area contributed by atoms with Gasteiger partial charge in [0.2, 0.25) is 5.95 Å². The number of aryl methyl sites for hydroxylation is 1. The van der Waals surface area contributed by atoms with Crippen LogP contribution in [0.1, 0.15) is 24.1 Å². The summed E-state index contributed by atoms with van der Waals surface area (Å²) in [5, 5.41) is 3.60. The summed E-state index contributed by atoms with van der Waals surface area (Å²) in [6, 6.07) is 6.79. The Morgan fingerprint density at radius 3 is 2.55 bits per heavy atom. The number of anilines is 2. The highest BCUT2D eigenvalue weighted by Crippen LogP contribution is 2.30. The minimum Gasteiger partial charge on any atom is -0.378 e. The van der Waals surface area contributed by atoms with Crippen molar-refractivity contribution in [1.82, 2.24) is 9.55 Å². The van der Waals surface area contributed by atoms with Gasteiger partial charge in [0.05, 0.1) is 40.7 Å². The molecular weight excluding hydrogens is 447 g/mol. The van der Waals surface area contributed by atoms with Gasteiger partial charge in [-0.05, 0) is 43.7 Å². The van der Waals surface area contributed by atoms with Gasteiger partial charge < -0.3 is 15.0 Å². The molecule has 8 nitrogen and oxygen atoms in total. The van der Waals surface area contributed by atoms with Crippen molar-refractivity contribution < 1.29 is 17.5 Å². The molecule has 1 saturated heterocycles. The molecule has 1 fully saturated rings. The largest absolute Gasteiger partial charge is 0.378 e. The van der Waals surface area contributed by atoms with E-state index in [1.807, 2.05) is 24.8 Å². The molecule has 10 heteroatoms. The molecule has 0 saturated carbocycles. The first kappa shape index (κ1) is 23.2. The zero-order valence-corrected chi connectivity index (χ0v) is 19.9. The van der Waals surface area contributed by atoms with Gasteiger partial charge in [-0.2, -0.15) is 0 Å². The van der Waals surface area contributed by atoms with Crippen LogP contribution in [0.5, 0.6) is 0 Å². The molecular formula is C23H27FN4O4S. The average molecular weight is 475 g/mol. The number of hydrogen-bond donors (Lipinski definition) is 1. The second-order valence-electron chi connectivity index (χ2n) is 8.40. The standard InChI is InChI=1S/C23H27FN4O4S/c1-14-11-17(15(2)25-19-13-16(24)5-6-20(19)33(4,30)31)21-18(12-14)22(29)27(3)23(26-21)28-7-9-32-10-8-28/h5-6,11-13,15,25H,7-10H2,1-4H3/t15-/m1/s1. The Hall–Kier alpha value is -2.98. The molecule has 4 rings (SSSR count). The fourth-order valence-electron chi connectivity index (χ4n) is 4.17. The van der Waals surface area contributed by atoms with Gasteiger partial charge in [0, 0.05) is 32.0 Å². The predicted molar refractivity (Wildman–Crippen MR) is 126 cm³/mol. The second kappa shape index (κ2) is 8.75. The monoisotopic (exact) mass is 474 g/mol. The molecule has 2 heterocycles. The van der Waals surface area contributed by atoms with Crippen molar-refractivity contribution in [3.63, 3.8) is 0 Å². The molecule has 3 aromatic rings. The Labute approximate surface area is 191 Å². The molecule has 1 aliphatic heterocycles. The topological polar surface area (TPSA) is 93.5 Å². The van der Waals surface area contributed by atoms with Gasteiger partial charge in [-0.15, -0.1) is 0 Å². The number of morpholine rings is 1. The van der Waals surface area contributed by atoms with Crippen LogP contribution in [-0.4, -0.2) is 50.5 Å². The first-order valence-electron chi connectivity index (χ1n) is 10.7. The number of hydrogen-bond acceptors (Lipinski definition) is 7. The van der Waals surface area contributed by atoms with Crippen molar-refractivity contribution in [2.24, 2.45) is 7.05 Å². The van der Waals surface area contributed by atoms with E-state index in [4.69, 9.17) is 9.72 Å². The van der Waals surface area contributed by atoms with Crippen LogP contribution in [0.3, 0.4) is 0 Å². The van der Waals surface area contributed by atoms with Crippen LogP contribution in [-0.2, 0) is 21.6 Å². The van der Waals surface area contributed by atoms with Gasteiger partial charge in [0.15, 0.2) is 9.84 Å². The van der Waals surface area contributed by atoms with Gasteiger partial charge in [0.25, 0.3) is 5.56 Å². The van der Waals surface area contributed by atoms with E-state index in [0.717, 1.165) is 29.5 Å². The van der Waals surface area contributed by atoms with E-state index in [-0.39, 0.29) is 16.1 Å². The SMILES string of the molecule is Cc1cc([C@@H](C)Nc2cc(F)ccc2S(C)(=O)=O)c2nc(N3CCOCC3)n(C)c(=O)c2c1. The van der Waals surface area contributed by atoms with Crippen molar-refractivity contribution in [2.45, 2.75) is 24.8 Å². The lowest BCUT2D eigenvalue weighted by atomic mass is 10.0. The molecule has 176 valence electrons. The summed E-state index contributed by atoms with van der Waals surface area (Å²) in [5.41, 5.74) is 2.12. The third kappa shape index (κ3) is 4.58. The summed E-state index contributed by atoms with van der Waals surface area (Å²) in [4.78, 5) is 20.1. The Morgan fingerprint density at radius 2 is 1.88 bits per heavy atom. The van der Waals surface area contributed by atoms with Crippen molar-refractivity contribution in [1.29, 1.82) is 0 Å². The summed E-state index contributed by atoms with van der Waals surface area (Å²) < 4.78 is 45.4. The smallest absolute Gasteiger partial charge is 0.262 e. The van der Waals surface area contributed by atoms with Crippen LogP contribution in [0, 0.1) is 12.7 Å². The van der Waals surface area contributed by atoms with E-state index >= 15 is 0 Å². The Kier molecular flexibility index (Phi) is 6.15. The minimum absolute atomic E-state index is 0.00517. The summed E-state index contributed by atoms with van der Waals surface area (Å²) in [5.74, 6) is 0.00322. The van der Waals surface area contributed by atoms with E-state index in [1.54, 1.807) is 17.7 Å². The molecule has 1 aromatic heterocycles. The summed E-state index contributed by atoms with van der Waals surface area (Å²) in [6.45, 7) is 6.08. The number of fused-ring (bicyclic) bond motifs is 1. The number of ether oxygens (including phenoxy) is 1. The highest BCUT2D eigenvalue weighted by molar-refractivity contribution is 7.90. The van der Waals surface area contributed by atoms with E-state index in [9.17, 15) is 17.6 Å². The van der Waals surface area contributed by atoms with Gasteiger partial charge in [-0.3, -0.25) is 9.36 Å². The number of sulfone groups is 1. The highest BCUT2D eigenvalue weighted by Gasteiger charge is 2.22. The lowest BCUT2D eigenvalue weighted by Crippen LogP contribution is -2.40. The maximum Gasteiger partial charge on any atom is 0.262 e. The Morgan fingerprint density at radius 1 is 1.18 bits per heavy atom. The van der Waals surface area contributed by atoms with Crippen LogP contribution in [0.4, 0.5) is 16.0 Å². The number of nitrogens with one attached hydrogen (secondary N) is 1. The predicted octanol–water partition coefficient (Wildman–Crippen LogP) is 2.79. The Bertz CT molecular complexity index is 1380. The number of rotatable bonds is 5. The average Bonchev–Trinajstić information content (AvgIpc) is 2.76. The van der Waals surface area contributed by atoms with Gasteiger partial charge in [-0.1, -0.05) is 6.07 Å². The summed E-state index contributed by atoms with van der Waals surface area (Å²) in [7, 11) is -1.88. The van der Waals surface area contributed by atoms with E-state index in [2.05, 4.69) is 5.32 Å². The zero-order valence-electron chi connectivity index (χ0n) is 19.1. The number of aromatic nitrogens is 2. The van der Waals surface area contributed by atoms with Crippen LogP contribution in [0.25, 0.3) is 10.9 Å². The summed E-state index contributed by atoms with van der Waals surface area (Å²) >= 11 is 0. The van der Waals surface area contributed by atoms with Crippen LogP contribution in [0.2, 0.25) is 0 Å². The third-order valence-corrected chi connectivity index (χ3v) is 6.96. The molecule has 0 radical (unpaired) electrons. The van der Waals surface area contributed by atoms with Crippen LogP contribution in [0.15, 0.2) is 40.0 Å². The minimum atomic E-state index is -3.58. The molecule has 1 atom stereocenters. The molecule has 0 bridgehead atoms. The van der Waals surface area contributed by atoms with Gasteiger partial charge in [-0.25, -0.2) is 17.8 Å². The van der Waals surface area contributed by atoms with Crippen LogP contribution < -0.4 is 15.8 Å². The van der Waals surface area contributed by atoms with Crippen molar-refractivity contribution in [3.8, 4) is 0 Å². The number of benzene rings is 2. The molecule has 0 aliphatic carbocycles. The first-order valence-corrected chi connectivity index (χ1v) is 12.6. The highest BCUT2D eigenvalue weighted by atomic mass is 32.2. The molecule has 1 aliphatic rings. The summed E-state index contributed by atoms with van der Waals surface area (Å²) in [6.07, 6.45) is 1.08. The van der Waals surface area contributed by atoms with E-state index in [0.29, 0.717) is 43.2 Å². The Balaban J connectivity index is 1.85. The van der Waals surface area contributed by atoms with Crippen LogP contribution >= 0.6 is 0 Å². The molecule has 1 N–H and O–H groups in total. The second-order valence-corrected chi connectivity index (χ2v) is 10.4. The molecule has 0 spiro atoms. The first-order chi connectivity index (χ1) is 15.6. The lowest BCUT2D eigenvalue weighted by molar-refractivity contribution is 0.121. The van der Waals surface area contributed by atoms with Crippen molar-refractivity contribution in [2.75, 3.05) is 42.8 Å². The van der Waals surface area contributed by atoms with Crippen molar-refractivity contribution in [3.05, 3.63) is 57.6 Å². The molecule has 0 amide bonds. The van der Waals surface area contributed by atoms with Gasteiger partial charge >= 0.3 is 0 Å². The van der Waals surface area contributed by atoms with Crippen molar-refractivity contribution >= 4 is 32.4 Å². The lowest BCUT2D eigenvalue weighted by Gasteiger charge is -2.29. The quantitative estimate of drug-likeness (QED) is 0.569. The normalized spacial score (nSPS) is 15.6.